The maximum atomic E-state index is 5.40. The van der Waals surface area contributed by atoms with E-state index in [1.807, 2.05) is 7.05 Å². The van der Waals surface area contributed by atoms with Crippen LogP contribution in [0.2, 0.25) is 0 Å². The standard InChI is InChI=1S/C16H27N3S/c1-13(2)15-8-6-14(7-9-15)12-19(5)16(20)17-10-11-18(3)4/h6-9,13H,10-12H2,1-5H3,(H,17,20)/p+1. The van der Waals surface area contributed by atoms with E-state index in [1.54, 1.807) is 0 Å². The highest BCUT2D eigenvalue weighted by Crippen LogP contribution is 2.15. The molecule has 0 spiro atoms. The van der Waals surface area contributed by atoms with Gasteiger partial charge in [0.25, 0.3) is 0 Å². The van der Waals surface area contributed by atoms with Crippen LogP contribution in [-0.4, -0.2) is 44.2 Å². The number of quaternary nitrogens is 1. The van der Waals surface area contributed by atoms with Crippen LogP contribution in [0.15, 0.2) is 24.3 Å². The van der Waals surface area contributed by atoms with Crippen molar-refractivity contribution in [2.24, 2.45) is 0 Å². The zero-order chi connectivity index (χ0) is 15.1. The van der Waals surface area contributed by atoms with Gasteiger partial charge in [0.1, 0.15) is 0 Å². The molecule has 0 radical (unpaired) electrons. The van der Waals surface area contributed by atoms with E-state index in [4.69, 9.17) is 12.2 Å². The minimum Gasteiger partial charge on any atom is -0.357 e. The lowest BCUT2D eigenvalue weighted by atomic mass is 10.0. The summed E-state index contributed by atoms with van der Waals surface area (Å²) in [7, 11) is 6.32. The van der Waals surface area contributed by atoms with E-state index in [0.29, 0.717) is 5.92 Å². The molecule has 0 fully saturated rings. The van der Waals surface area contributed by atoms with Gasteiger partial charge in [-0.25, -0.2) is 0 Å². The lowest BCUT2D eigenvalue weighted by molar-refractivity contribution is -0.856. The fourth-order valence-corrected chi connectivity index (χ4v) is 2.07. The molecule has 1 aromatic carbocycles. The number of likely N-dealkylation sites (N-methyl/N-ethyl adjacent to an activating group) is 1. The molecule has 20 heavy (non-hydrogen) atoms. The number of benzene rings is 1. The van der Waals surface area contributed by atoms with Gasteiger partial charge >= 0.3 is 0 Å². The van der Waals surface area contributed by atoms with Crippen molar-refractivity contribution in [2.45, 2.75) is 26.3 Å². The van der Waals surface area contributed by atoms with Gasteiger partial charge in [0.15, 0.2) is 5.11 Å². The van der Waals surface area contributed by atoms with Crippen molar-refractivity contribution in [2.75, 3.05) is 34.2 Å². The third kappa shape index (κ3) is 5.88. The minimum absolute atomic E-state index is 0.582. The van der Waals surface area contributed by atoms with Gasteiger partial charge in [-0.3, -0.25) is 0 Å². The topological polar surface area (TPSA) is 19.7 Å². The third-order valence-corrected chi connectivity index (χ3v) is 3.77. The summed E-state index contributed by atoms with van der Waals surface area (Å²) in [6.45, 7) is 7.26. The van der Waals surface area contributed by atoms with Crippen molar-refractivity contribution < 1.29 is 4.90 Å². The Labute approximate surface area is 129 Å². The normalized spacial score (nSPS) is 10.9. The van der Waals surface area contributed by atoms with Gasteiger partial charge in [0, 0.05) is 13.6 Å². The summed E-state index contributed by atoms with van der Waals surface area (Å²) in [6, 6.07) is 8.80. The number of nitrogens with zero attached hydrogens (tertiary/aromatic N) is 1. The van der Waals surface area contributed by atoms with Crippen LogP contribution in [0, 0.1) is 0 Å². The van der Waals surface area contributed by atoms with Crippen molar-refractivity contribution in [3.63, 3.8) is 0 Å². The van der Waals surface area contributed by atoms with Crippen LogP contribution in [0.4, 0.5) is 0 Å². The maximum absolute atomic E-state index is 5.40. The van der Waals surface area contributed by atoms with Gasteiger partial charge in [0.05, 0.1) is 27.2 Å². The molecule has 0 unspecified atom stereocenters. The minimum atomic E-state index is 0.582. The summed E-state index contributed by atoms with van der Waals surface area (Å²) in [5.74, 6) is 0.582. The van der Waals surface area contributed by atoms with Gasteiger partial charge in [-0.1, -0.05) is 38.1 Å². The molecule has 4 heteroatoms. The van der Waals surface area contributed by atoms with Crippen LogP contribution in [0.1, 0.15) is 30.9 Å². The number of hydrogen-bond acceptors (Lipinski definition) is 1. The van der Waals surface area contributed by atoms with E-state index in [9.17, 15) is 0 Å². The lowest BCUT2D eigenvalue weighted by Crippen LogP contribution is -3.06. The summed E-state index contributed by atoms with van der Waals surface area (Å²) in [6.07, 6.45) is 0. The first-order valence-corrected chi connectivity index (χ1v) is 7.67. The van der Waals surface area contributed by atoms with Crippen LogP contribution in [0.3, 0.4) is 0 Å². The summed E-state index contributed by atoms with van der Waals surface area (Å²) < 4.78 is 0. The second-order valence-electron chi connectivity index (χ2n) is 5.94. The van der Waals surface area contributed by atoms with Gasteiger partial charge in [-0.2, -0.15) is 0 Å². The van der Waals surface area contributed by atoms with Crippen LogP contribution in [0.5, 0.6) is 0 Å². The first-order valence-electron chi connectivity index (χ1n) is 7.27. The molecule has 0 aliphatic carbocycles. The van der Waals surface area contributed by atoms with E-state index >= 15 is 0 Å². The molecule has 1 aromatic rings. The average Bonchev–Trinajstić information content (AvgIpc) is 2.38. The van der Waals surface area contributed by atoms with Crippen LogP contribution >= 0.6 is 12.2 Å². The summed E-state index contributed by atoms with van der Waals surface area (Å²) >= 11 is 5.40. The number of nitrogens with one attached hydrogen (secondary N) is 2. The van der Waals surface area contributed by atoms with E-state index in [0.717, 1.165) is 24.7 Å². The molecule has 0 saturated carbocycles. The Morgan fingerprint density at radius 3 is 2.35 bits per heavy atom. The van der Waals surface area contributed by atoms with E-state index in [1.165, 1.54) is 16.0 Å². The summed E-state index contributed by atoms with van der Waals surface area (Å²) in [4.78, 5) is 3.51. The van der Waals surface area contributed by atoms with Crippen molar-refractivity contribution >= 4 is 17.3 Å². The van der Waals surface area contributed by atoms with Crippen molar-refractivity contribution in [1.29, 1.82) is 0 Å². The van der Waals surface area contributed by atoms with Crippen molar-refractivity contribution in [3.8, 4) is 0 Å². The Bertz CT molecular complexity index is 412. The highest BCUT2D eigenvalue weighted by Gasteiger charge is 2.06. The molecule has 0 bridgehead atoms. The summed E-state index contributed by atoms with van der Waals surface area (Å²) in [5.41, 5.74) is 2.67. The maximum Gasteiger partial charge on any atom is 0.169 e. The SMILES string of the molecule is CC(C)c1ccc(CN(C)C(=S)NCC[NH+](C)C)cc1. The lowest BCUT2D eigenvalue weighted by Gasteiger charge is -2.21. The molecule has 0 aliphatic rings. The molecular formula is C16H28N3S+. The molecule has 3 nitrogen and oxygen atoms in total. The molecule has 0 heterocycles. The average molecular weight is 294 g/mol. The summed E-state index contributed by atoms with van der Waals surface area (Å²) in [5, 5.41) is 4.12. The molecule has 2 N–H and O–H groups in total. The highest BCUT2D eigenvalue weighted by molar-refractivity contribution is 7.80. The van der Waals surface area contributed by atoms with Gasteiger partial charge < -0.3 is 15.1 Å². The molecule has 0 amide bonds. The fraction of sp³-hybridized carbons (Fsp3) is 0.562. The van der Waals surface area contributed by atoms with Crippen LogP contribution < -0.4 is 10.2 Å². The largest absolute Gasteiger partial charge is 0.357 e. The fourth-order valence-electron chi connectivity index (χ4n) is 1.91. The zero-order valence-electron chi connectivity index (χ0n) is 13.4. The molecule has 0 aliphatic heterocycles. The Kier molecular flexibility index (Phi) is 6.96. The smallest absolute Gasteiger partial charge is 0.169 e. The molecule has 0 saturated heterocycles. The second-order valence-corrected chi connectivity index (χ2v) is 6.33. The Morgan fingerprint density at radius 1 is 1.25 bits per heavy atom. The van der Waals surface area contributed by atoms with Crippen LogP contribution in [-0.2, 0) is 6.54 Å². The van der Waals surface area contributed by atoms with E-state index in [-0.39, 0.29) is 0 Å². The second kappa shape index (κ2) is 8.22. The quantitative estimate of drug-likeness (QED) is 0.771. The molecular weight excluding hydrogens is 266 g/mol. The molecule has 0 aromatic heterocycles. The molecule has 0 atom stereocenters. The highest BCUT2D eigenvalue weighted by atomic mass is 32.1. The van der Waals surface area contributed by atoms with Gasteiger partial charge in [0.2, 0.25) is 0 Å². The molecule has 1 rings (SSSR count). The van der Waals surface area contributed by atoms with Crippen LogP contribution in [0.25, 0.3) is 0 Å². The first kappa shape index (κ1) is 16.9. The molecule has 112 valence electrons. The zero-order valence-corrected chi connectivity index (χ0v) is 14.2. The van der Waals surface area contributed by atoms with Gasteiger partial charge in [-0.15, -0.1) is 0 Å². The van der Waals surface area contributed by atoms with E-state index in [2.05, 4.69) is 62.4 Å². The number of thiocarbonyl (C=S) groups is 1. The van der Waals surface area contributed by atoms with Crippen molar-refractivity contribution in [1.82, 2.24) is 10.2 Å². The number of hydrogen-bond donors (Lipinski definition) is 2. The third-order valence-electron chi connectivity index (χ3n) is 3.31. The first-order chi connectivity index (χ1) is 9.40. The monoisotopic (exact) mass is 294 g/mol. The Morgan fingerprint density at radius 2 is 1.85 bits per heavy atom. The number of rotatable bonds is 6. The Hall–Kier alpha value is -1.13. The Balaban J connectivity index is 2.44. The predicted octanol–water partition coefficient (Wildman–Crippen LogP) is 1.26. The van der Waals surface area contributed by atoms with Crippen molar-refractivity contribution in [3.05, 3.63) is 35.4 Å². The van der Waals surface area contributed by atoms with Gasteiger partial charge in [-0.05, 0) is 29.3 Å². The van der Waals surface area contributed by atoms with E-state index < -0.39 is 0 Å². The predicted molar refractivity (Wildman–Crippen MR) is 90.3 cm³/mol.